The van der Waals surface area contributed by atoms with Gasteiger partial charge in [0.1, 0.15) is 0 Å². The SMILES string of the molecule is CNC(C)(CO)CCCN(C)CC1CCCO1. The summed E-state index contributed by atoms with van der Waals surface area (Å²) in [5.41, 5.74) is -0.134. The number of hydrogen-bond donors (Lipinski definition) is 2. The maximum atomic E-state index is 9.28. The van der Waals surface area contributed by atoms with Crippen molar-refractivity contribution in [1.82, 2.24) is 10.2 Å². The lowest BCUT2D eigenvalue weighted by molar-refractivity contribution is 0.0793. The molecular weight excluding hydrogens is 216 g/mol. The molecule has 2 atom stereocenters. The summed E-state index contributed by atoms with van der Waals surface area (Å²) in [5.74, 6) is 0. The van der Waals surface area contributed by atoms with Gasteiger partial charge in [-0.2, -0.15) is 0 Å². The second-order valence-electron chi connectivity index (χ2n) is 5.47. The summed E-state index contributed by atoms with van der Waals surface area (Å²) in [4.78, 5) is 2.34. The maximum Gasteiger partial charge on any atom is 0.0702 e. The third-order valence-electron chi connectivity index (χ3n) is 3.76. The van der Waals surface area contributed by atoms with Crippen LogP contribution in [0, 0.1) is 0 Å². The lowest BCUT2D eigenvalue weighted by Gasteiger charge is -2.28. The Morgan fingerprint density at radius 2 is 2.29 bits per heavy atom. The fraction of sp³-hybridized carbons (Fsp3) is 1.00. The molecule has 1 heterocycles. The molecule has 2 unspecified atom stereocenters. The highest BCUT2D eigenvalue weighted by molar-refractivity contribution is 4.80. The number of likely N-dealkylation sites (N-methyl/N-ethyl adjacent to an activating group) is 2. The van der Waals surface area contributed by atoms with Crippen LogP contribution < -0.4 is 5.32 Å². The van der Waals surface area contributed by atoms with Crippen LogP contribution >= 0.6 is 0 Å². The summed E-state index contributed by atoms with van der Waals surface area (Å²) < 4.78 is 5.62. The number of aliphatic hydroxyl groups excluding tert-OH is 1. The van der Waals surface area contributed by atoms with Gasteiger partial charge >= 0.3 is 0 Å². The first-order chi connectivity index (χ1) is 8.09. The molecule has 17 heavy (non-hydrogen) atoms. The van der Waals surface area contributed by atoms with Gasteiger partial charge in [-0.1, -0.05) is 0 Å². The molecule has 1 aliphatic rings. The predicted molar refractivity (Wildman–Crippen MR) is 70.3 cm³/mol. The van der Waals surface area contributed by atoms with Crippen molar-refractivity contribution in [1.29, 1.82) is 0 Å². The second kappa shape index (κ2) is 7.31. The first kappa shape index (κ1) is 14.9. The third-order valence-corrected chi connectivity index (χ3v) is 3.76. The monoisotopic (exact) mass is 244 g/mol. The Bertz CT molecular complexity index is 202. The van der Waals surface area contributed by atoms with Gasteiger partial charge in [0.15, 0.2) is 0 Å². The van der Waals surface area contributed by atoms with E-state index in [1.165, 1.54) is 12.8 Å². The smallest absolute Gasteiger partial charge is 0.0702 e. The predicted octanol–water partition coefficient (Wildman–Crippen LogP) is 0.848. The summed E-state index contributed by atoms with van der Waals surface area (Å²) in [6.07, 6.45) is 4.95. The van der Waals surface area contributed by atoms with Gasteiger partial charge in [-0.05, 0) is 53.2 Å². The Morgan fingerprint density at radius 3 is 2.82 bits per heavy atom. The minimum atomic E-state index is -0.134. The molecule has 0 bridgehead atoms. The van der Waals surface area contributed by atoms with Crippen molar-refractivity contribution in [3.05, 3.63) is 0 Å². The van der Waals surface area contributed by atoms with E-state index in [0.29, 0.717) is 6.10 Å². The topological polar surface area (TPSA) is 44.7 Å². The van der Waals surface area contributed by atoms with Crippen LogP contribution in [0.3, 0.4) is 0 Å². The number of ether oxygens (including phenoxy) is 1. The van der Waals surface area contributed by atoms with Gasteiger partial charge < -0.3 is 20.1 Å². The number of aliphatic hydroxyl groups is 1. The third kappa shape index (κ3) is 5.34. The molecule has 1 aliphatic heterocycles. The average molecular weight is 244 g/mol. The van der Waals surface area contributed by atoms with Crippen LogP contribution in [0.1, 0.15) is 32.6 Å². The Balaban J connectivity index is 2.12. The van der Waals surface area contributed by atoms with Gasteiger partial charge in [0.05, 0.1) is 12.7 Å². The zero-order valence-electron chi connectivity index (χ0n) is 11.5. The van der Waals surface area contributed by atoms with Gasteiger partial charge in [0.2, 0.25) is 0 Å². The molecule has 2 N–H and O–H groups in total. The zero-order chi connectivity index (χ0) is 12.7. The lowest BCUT2D eigenvalue weighted by atomic mass is 9.97. The van der Waals surface area contributed by atoms with E-state index >= 15 is 0 Å². The zero-order valence-corrected chi connectivity index (χ0v) is 11.5. The van der Waals surface area contributed by atoms with Crippen molar-refractivity contribution in [3.63, 3.8) is 0 Å². The molecule has 0 aromatic heterocycles. The van der Waals surface area contributed by atoms with E-state index in [0.717, 1.165) is 32.5 Å². The summed E-state index contributed by atoms with van der Waals surface area (Å²) in [6, 6.07) is 0. The van der Waals surface area contributed by atoms with Gasteiger partial charge in [0.25, 0.3) is 0 Å². The van der Waals surface area contributed by atoms with E-state index in [1.54, 1.807) is 0 Å². The fourth-order valence-corrected chi connectivity index (χ4v) is 2.25. The van der Waals surface area contributed by atoms with Crippen molar-refractivity contribution in [3.8, 4) is 0 Å². The Hall–Kier alpha value is -0.160. The highest BCUT2D eigenvalue weighted by Gasteiger charge is 2.21. The van der Waals surface area contributed by atoms with Crippen LogP contribution in [0.25, 0.3) is 0 Å². The van der Waals surface area contributed by atoms with E-state index in [9.17, 15) is 5.11 Å². The second-order valence-corrected chi connectivity index (χ2v) is 5.47. The highest BCUT2D eigenvalue weighted by atomic mass is 16.5. The van der Waals surface area contributed by atoms with Crippen molar-refractivity contribution in [2.24, 2.45) is 0 Å². The molecule has 0 aromatic carbocycles. The van der Waals surface area contributed by atoms with Crippen LogP contribution in [0.2, 0.25) is 0 Å². The Kier molecular flexibility index (Phi) is 6.41. The van der Waals surface area contributed by atoms with E-state index < -0.39 is 0 Å². The standard InChI is InChI=1S/C13H28N2O2/c1-13(11-16,14-2)7-5-8-15(3)10-12-6-4-9-17-12/h12,14,16H,4-11H2,1-3H3. The Labute approximate surface area is 105 Å². The normalized spacial score (nSPS) is 24.2. The van der Waals surface area contributed by atoms with Gasteiger partial charge in [0, 0.05) is 18.7 Å². The summed E-state index contributed by atoms with van der Waals surface area (Å²) >= 11 is 0. The van der Waals surface area contributed by atoms with Crippen molar-refractivity contribution in [2.45, 2.75) is 44.2 Å². The number of nitrogens with zero attached hydrogens (tertiary/aromatic N) is 1. The van der Waals surface area contributed by atoms with Crippen molar-refractivity contribution in [2.75, 3.05) is 40.4 Å². The molecule has 1 saturated heterocycles. The number of nitrogens with one attached hydrogen (secondary N) is 1. The van der Waals surface area contributed by atoms with Gasteiger partial charge in [-0.3, -0.25) is 0 Å². The van der Waals surface area contributed by atoms with E-state index in [1.807, 2.05) is 7.05 Å². The summed E-state index contributed by atoms with van der Waals surface area (Å²) in [7, 11) is 4.06. The average Bonchev–Trinajstić information content (AvgIpc) is 2.81. The molecule has 102 valence electrons. The van der Waals surface area contributed by atoms with Crippen LogP contribution in [0.15, 0.2) is 0 Å². The van der Waals surface area contributed by atoms with Crippen LogP contribution in [-0.4, -0.2) is 62.0 Å². The largest absolute Gasteiger partial charge is 0.394 e. The first-order valence-electron chi connectivity index (χ1n) is 6.69. The fourth-order valence-electron chi connectivity index (χ4n) is 2.25. The van der Waals surface area contributed by atoms with Gasteiger partial charge in [-0.25, -0.2) is 0 Å². The molecule has 0 amide bonds. The molecule has 0 radical (unpaired) electrons. The molecule has 0 spiro atoms. The van der Waals surface area contributed by atoms with Gasteiger partial charge in [-0.15, -0.1) is 0 Å². The first-order valence-corrected chi connectivity index (χ1v) is 6.69. The Morgan fingerprint density at radius 1 is 1.53 bits per heavy atom. The molecule has 0 saturated carbocycles. The molecule has 0 aromatic rings. The molecule has 4 heteroatoms. The summed E-state index contributed by atoms with van der Waals surface area (Å²) in [6.45, 7) is 5.29. The molecule has 1 rings (SSSR count). The van der Waals surface area contributed by atoms with E-state index in [-0.39, 0.29) is 12.1 Å². The van der Waals surface area contributed by atoms with Crippen molar-refractivity contribution >= 4 is 0 Å². The molecule has 1 fully saturated rings. The number of hydrogen-bond acceptors (Lipinski definition) is 4. The van der Waals surface area contributed by atoms with E-state index in [2.05, 4.69) is 24.2 Å². The van der Waals surface area contributed by atoms with Crippen LogP contribution in [0.4, 0.5) is 0 Å². The highest BCUT2D eigenvalue weighted by Crippen LogP contribution is 2.14. The number of rotatable bonds is 8. The minimum absolute atomic E-state index is 0.134. The quantitative estimate of drug-likeness (QED) is 0.664. The lowest BCUT2D eigenvalue weighted by Crippen LogP contribution is -2.44. The molecule has 4 nitrogen and oxygen atoms in total. The van der Waals surface area contributed by atoms with E-state index in [4.69, 9.17) is 4.74 Å². The van der Waals surface area contributed by atoms with Crippen LogP contribution in [0.5, 0.6) is 0 Å². The summed E-state index contributed by atoms with van der Waals surface area (Å²) in [5, 5.41) is 12.5. The molecule has 0 aliphatic carbocycles. The molecular formula is C13H28N2O2. The maximum absolute atomic E-state index is 9.28. The van der Waals surface area contributed by atoms with Crippen LogP contribution in [-0.2, 0) is 4.74 Å². The minimum Gasteiger partial charge on any atom is -0.394 e. The van der Waals surface area contributed by atoms with Crippen molar-refractivity contribution < 1.29 is 9.84 Å².